The summed E-state index contributed by atoms with van der Waals surface area (Å²) in [4.78, 5) is 19.6. The van der Waals surface area contributed by atoms with Crippen molar-refractivity contribution in [3.8, 4) is 11.5 Å². The highest BCUT2D eigenvalue weighted by molar-refractivity contribution is 6.34. The van der Waals surface area contributed by atoms with E-state index in [0.29, 0.717) is 28.8 Å². The van der Waals surface area contributed by atoms with E-state index in [0.717, 1.165) is 22.6 Å². The zero-order valence-electron chi connectivity index (χ0n) is 17.2. The summed E-state index contributed by atoms with van der Waals surface area (Å²) in [6.45, 7) is 2.54. The number of amides is 1. The van der Waals surface area contributed by atoms with E-state index >= 15 is 0 Å². The fraction of sp³-hybridized carbons (Fsp3) is 0.120. The molecule has 1 aliphatic heterocycles. The highest BCUT2D eigenvalue weighted by atomic mass is 35.5. The third kappa shape index (κ3) is 4.47. The van der Waals surface area contributed by atoms with E-state index in [-0.39, 0.29) is 5.91 Å². The van der Waals surface area contributed by atoms with Crippen molar-refractivity contribution in [3.05, 3.63) is 94.6 Å². The fourth-order valence-electron chi connectivity index (χ4n) is 3.26. The van der Waals surface area contributed by atoms with Crippen LogP contribution in [0.4, 0.5) is 5.69 Å². The first kappa shape index (κ1) is 20.7. The molecule has 0 saturated carbocycles. The van der Waals surface area contributed by atoms with E-state index in [1.54, 1.807) is 42.4 Å². The Morgan fingerprint density at radius 3 is 2.19 bits per heavy atom. The van der Waals surface area contributed by atoms with Crippen LogP contribution in [-0.2, 0) is 4.79 Å². The molecule has 5 nitrogen and oxygen atoms in total. The Bertz CT molecular complexity index is 1130. The average molecular weight is 433 g/mol. The van der Waals surface area contributed by atoms with Gasteiger partial charge in [-0.25, -0.2) is 4.99 Å². The molecule has 0 aliphatic carbocycles. The first-order chi connectivity index (χ1) is 15.1. The van der Waals surface area contributed by atoms with Crippen molar-refractivity contribution in [1.82, 2.24) is 0 Å². The normalized spacial score (nSPS) is 14.7. The Balaban J connectivity index is 1.74. The van der Waals surface area contributed by atoms with Crippen LogP contribution in [0.1, 0.15) is 18.1 Å². The third-order valence-electron chi connectivity index (χ3n) is 4.79. The van der Waals surface area contributed by atoms with Crippen LogP contribution in [0.2, 0.25) is 5.02 Å². The van der Waals surface area contributed by atoms with Gasteiger partial charge in [-0.15, -0.1) is 0 Å². The molecule has 0 N–H and O–H groups in total. The second-order valence-corrected chi connectivity index (χ2v) is 7.25. The molecule has 0 aromatic heterocycles. The number of nitrogens with zero attached hydrogens (tertiary/aromatic N) is 2. The predicted octanol–water partition coefficient (Wildman–Crippen LogP) is 5.58. The summed E-state index contributed by atoms with van der Waals surface area (Å²) in [7, 11) is 1.61. The zero-order chi connectivity index (χ0) is 21.8. The van der Waals surface area contributed by atoms with Crippen molar-refractivity contribution in [1.29, 1.82) is 0 Å². The van der Waals surface area contributed by atoms with Gasteiger partial charge in [0.15, 0.2) is 0 Å². The molecular formula is C25H21ClN2O3. The number of ether oxygens (including phenoxy) is 2. The number of hydrogen-bond donors (Lipinski definition) is 0. The van der Waals surface area contributed by atoms with Gasteiger partial charge in [0.05, 0.1) is 19.4 Å². The van der Waals surface area contributed by atoms with Crippen LogP contribution in [0.25, 0.3) is 6.08 Å². The van der Waals surface area contributed by atoms with Gasteiger partial charge >= 0.3 is 0 Å². The van der Waals surface area contributed by atoms with Crippen LogP contribution in [0.5, 0.6) is 11.5 Å². The van der Waals surface area contributed by atoms with Gasteiger partial charge in [-0.3, -0.25) is 9.69 Å². The Labute approximate surface area is 186 Å². The molecule has 0 unspecified atom stereocenters. The second kappa shape index (κ2) is 9.06. The van der Waals surface area contributed by atoms with Crippen molar-refractivity contribution in [2.24, 2.45) is 4.99 Å². The highest BCUT2D eigenvalue weighted by Crippen LogP contribution is 2.29. The number of benzene rings is 3. The van der Waals surface area contributed by atoms with Gasteiger partial charge in [-0.05, 0) is 79.2 Å². The van der Waals surface area contributed by atoms with E-state index < -0.39 is 0 Å². The van der Waals surface area contributed by atoms with Crippen molar-refractivity contribution in [2.75, 3.05) is 18.6 Å². The monoisotopic (exact) mass is 432 g/mol. The molecule has 0 bridgehead atoms. The Morgan fingerprint density at radius 1 is 0.935 bits per heavy atom. The number of hydrogen-bond acceptors (Lipinski definition) is 4. The molecule has 3 aromatic rings. The lowest BCUT2D eigenvalue weighted by atomic mass is 10.1. The summed E-state index contributed by atoms with van der Waals surface area (Å²) in [5, 5.41) is 0.600. The molecule has 6 heteroatoms. The highest BCUT2D eigenvalue weighted by Gasteiger charge is 2.32. The second-order valence-electron chi connectivity index (χ2n) is 6.81. The molecule has 1 heterocycles. The molecule has 0 spiro atoms. The number of methoxy groups -OCH3 is 1. The Morgan fingerprint density at radius 2 is 1.58 bits per heavy atom. The lowest BCUT2D eigenvalue weighted by molar-refractivity contribution is -0.113. The van der Waals surface area contributed by atoms with E-state index in [1.807, 2.05) is 55.5 Å². The van der Waals surface area contributed by atoms with Gasteiger partial charge in [0.2, 0.25) is 0 Å². The average Bonchev–Trinajstić information content (AvgIpc) is 3.12. The van der Waals surface area contributed by atoms with E-state index in [4.69, 9.17) is 21.1 Å². The molecule has 0 radical (unpaired) electrons. The Kier molecular flexibility index (Phi) is 6.05. The summed E-state index contributed by atoms with van der Waals surface area (Å²) >= 11 is 6.04. The predicted molar refractivity (Wildman–Crippen MR) is 124 cm³/mol. The summed E-state index contributed by atoms with van der Waals surface area (Å²) < 4.78 is 10.7. The quantitative estimate of drug-likeness (QED) is 0.477. The fourth-order valence-corrected chi connectivity index (χ4v) is 3.39. The van der Waals surface area contributed by atoms with Gasteiger partial charge in [-0.1, -0.05) is 23.7 Å². The maximum absolute atomic E-state index is 13.3. The maximum Gasteiger partial charge on any atom is 0.282 e. The first-order valence-electron chi connectivity index (χ1n) is 9.86. The molecule has 0 atom stereocenters. The molecule has 3 aromatic carbocycles. The molecule has 0 saturated heterocycles. The number of carbonyl (C=O) groups excluding carboxylic acids is 1. The van der Waals surface area contributed by atoms with Crippen molar-refractivity contribution in [3.63, 3.8) is 0 Å². The molecule has 1 aliphatic rings. The summed E-state index contributed by atoms with van der Waals surface area (Å²) in [5.41, 5.74) is 2.71. The number of anilines is 1. The number of carbonyl (C=O) groups is 1. The number of amidine groups is 1. The minimum absolute atomic E-state index is 0.206. The van der Waals surface area contributed by atoms with E-state index in [2.05, 4.69) is 4.99 Å². The summed E-state index contributed by atoms with van der Waals surface area (Å²) in [5.74, 6) is 1.86. The van der Waals surface area contributed by atoms with E-state index in [9.17, 15) is 4.79 Å². The number of aliphatic imine (C=N–C) groups is 1. The largest absolute Gasteiger partial charge is 0.497 e. The smallest absolute Gasteiger partial charge is 0.282 e. The van der Waals surface area contributed by atoms with Crippen molar-refractivity contribution in [2.45, 2.75) is 6.92 Å². The molecular weight excluding hydrogens is 412 g/mol. The standard InChI is InChI=1S/C25H21ClN2O3/c1-3-31-22-12-4-17(5-13-22)16-23-25(29)28(20-10-8-19(26)9-11-20)24(27-23)18-6-14-21(30-2)15-7-18/h4-16H,3H2,1-2H3/b23-16+. The van der Waals surface area contributed by atoms with Crippen LogP contribution in [0.15, 0.2) is 83.5 Å². The van der Waals surface area contributed by atoms with Crippen LogP contribution >= 0.6 is 11.6 Å². The topological polar surface area (TPSA) is 51.1 Å². The van der Waals surface area contributed by atoms with Gasteiger partial charge in [-0.2, -0.15) is 0 Å². The molecule has 31 heavy (non-hydrogen) atoms. The van der Waals surface area contributed by atoms with E-state index in [1.165, 1.54) is 0 Å². The first-order valence-corrected chi connectivity index (χ1v) is 10.2. The lowest BCUT2D eigenvalue weighted by Gasteiger charge is -2.18. The summed E-state index contributed by atoms with van der Waals surface area (Å²) in [6, 6.07) is 22.1. The van der Waals surface area contributed by atoms with Gasteiger partial charge in [0.1, 0.15) is 23.0 Å². The van der Waals surface area contributed by atoms with Crippen molar-refractivity contribution >= 4 is 35.1 Å². The van der Waals surface area contributed by atoms with Crippen LogP contribution in [-0.4, -0.2) is 25.5 Å². The maximum atomic E-state index is 13.3. The molecule has 4 rings (SSSR count). The SMILES string of the molecule is CCOc1ccc(/C=C2/N=C(c3ccc(OC)cc3)N(c3ccc(Cl)cc3)C2=O)cc1. The Hall–Kier alpha value is -3.57. The zero-order valence-corrected chi connectivity index (χ0v) is 18.0. The van der Waals surface area contributed by atoms with Crippen LogP contribution < -0.4 is 14.4 Å². The number of halogens is 1. The van der Waals surface area contributed by atoms with Gasteiger partial charge in [0, 0.05) is 10.6 Å². The molecule has 156 valence electrons. The minimum atomic E-state index is -0.206. The van der Waals surface area contributed by atoms with Crippen LogP contribution in [0.3, 0.4) is 0 Å². The van der Waals surface area contributed by atoms with Crippen LogP contribution in [0, 0.1) is 0 Å². The molecule has 0 fully saturated rings. The minimum Gasteiger partial charge on any atom is -0.497 e. The third-order valence-corrected chi connectivity index (χ3v) is 5.04. The van der Waals surface area contributed by atoms with Gasteiger partial charge in [0.25, 0.3) is 5.91 Å². The summed E-state index contributed by atoms with van der Waals surface area (Å²) in [6.07, 6.45) is 1.78. The van der Waals surface area contributed by atoms with Crippen molar-refractivity contribution < 1.29 is 14.3 Å². The number of rotatable bonds is 6. The van der Waals surface area contributed by atoms with Gasteiger partial charge < -0.3 is 9.47 Å². The lowest BCUT2D eigenvalue weighted by Crippen LogP contribution is -2.32. The molecule has 1 amide bonds.